The summed E-state index contributed by atoms with van der Waals surface area (Å²) in [5, 5.41) is 51.9. The van der Waals surface area contributed by atoms with E-state index in [1.807, 2.05) is 6.92 Å². The van der Waals surface area contributed by atoms with E-state index < -0.39 is 91.5 Å². The summed E-state index contributed by atoms with van der Waals surface area (Å²) in [4.78, 5) is 38.3. The van der Waals surface area contributed by atoms with E-state index in [1.54, 1.807) is 6.92 Å². The molecule has 1 aromatic carbocycles. The summed E-state index contributed by atoms with van der Waals surface area (Å²) < 4.78 is 28.9. The first-order chi connectivity index (χ1) is 22.7. The van der Waals surface area contributed by atoms with Crippen molar-refractivity contribution in [2.45, 2.75) is 94.7 Å². The van der Waals surface area contributed by atoms with E-state index in [1.165, 1.54) is 24.3 Å². The summed E-state index contributed by atoms with van der Waals surface area (Å²) in [5.74, 6) is -4.09. The number of carbonyl (C=O) groups is 3. The Morgan fingerprint density at radius 2 is 1.75 bits per heavy atom. The predicted molar refractivity (Wildman–Crippen MR) is 167 cm³/mol. The molecule has 262 valence electrons. The average Bonchev–Trinajstić information content (AvgIpc) is 3.50. The number of aromatic hydroxyl groups is 1. The zero-order valence-corrected chi connectivity index (χ0v) is 27.0. The lowest BCUT2D eigenvalue weighted by molar-refractivity contribution is -0.310. The number of aliphatic hydroxyl groups excluding tert-OH is 4. The molecule has 48 heavy (non-hydrogen) atoms. The summed E-state index contributed by atoms with van der Waals surface area (Å²) >= 11 is 0. The fourth-order valence-electron chi connectivity index (χ4n) is 7.12. The van der Waals surface area contributed by atoms with Crippen molar-refractivity contribution in [2.24, 2.45) is 23.7 Å². The van der Waals surface area contributed by atoms with Crippen LogP contribution in [0.4, 0.5) is 0 Å². The van der Waals surface area contributed by atoms with Crippen LogP contribution >= 0.6 is 0 Å². The Balaban J connectivity index is 1.28. The molecule has 13 atom stereocenters. The summed E-state index contributed by atoms with van der Waals surface area (Å²) in [6.07, 6.45) is -10.4. The Morgan fingerprint density at radius 3 is 2.40 bits per heavy atom. The highest BCUT2D eigenvalue weighted by molar-refractivity contribution is 5.91. The fourth-order valence-corrected chi connectivity index (χ4v) is 7.12. The van der Waals surface area contributed by atoms with Gasteiger partial charge in [-0.05, 0) is 41.5 Å². The molecule has 4 aliphatic rings. The molecule has 13 nitrogen and oxygen atoms in total. The number of hydrogen-bond donors (Lipinski definition) is 5. The van der Waals surface area contributed by atoms with Gasteiger partial charge in [0, 0.05) is 17.9 Å². The van der Waals surface area contributed by atoms with Crippen molar-refractivity contribution in [3.05, 3.63) is 66.3 Å². The van der Waals surface area contributed by atoms with Crippen molar-refractivity contribution in [2.75, 3.05) is 6.61 Å². The van der Waals surface area contributed by atoms with Crippen LogP contribution in [0.3, 0.4) is 0 Å². The highest BCUT2D eigenvalue weighted by atomic mass is 16.7. The van der Waals surface area contributed by atoms with E-state index in [4.69, 9.17) is 23.7 Å². The third-order valence-electron chi connectivity index (χ3n) is 10.1. The van der Waals surface area contributed by atoms with Crippen LogP contribution in [0.2, 0.25) is 0 Å². The third kappa shape index (κ3) is 6.93. The van der Waals surface area contributed by atoms with Gasteiger partial charge >= 0.3 is 17.9 Å². The zero-order valence-electron chi connectivity index (χ0n) is 27.0. The average molecular weight is 673 g/mol. The van der Waals surface area contributed by atoms with Gasteiger partial charge in [-0.25, -0.2) is 9.59 Å². The van der Waals surface area contributed by atoms with Crippen molar-refractivity contribution in [1.82, 2.24) is 0 Å². The van der Waals surface area contributed by atoms with Crippen LogP contribution in [0, 0.1) is 23.7 Å². The lowest BCUT2D eigenvalue weighted by Crippen LogP contribution is -2.61. The molecule has 0 aromatic heterocycles. The number of esters is 3. The van der Waals surface area contributed by atoms with Crippen molar-refractivity contribution in [3.63, 3.8) is 0 Å². The minimum atomic E-state index is -1.68. The maximum Gasteiger partial charge on any atom is 0.335 e. The Labute approximate surface area is 278 Å². The Hall–Kier alpha value is -3.59. The van der Waals surface area contributed by atoms with Gasteiger partial charge in [0.1, 0.15) is 36.3 Å². The van der Waals surface area contributed by atoms with Gasteiger partial charge in [-0.3, -0.25) is 4.79 Å². The molecule has 1 aromatic rings. The minimum absolute atomic E-state index is 0.0271. The quantitative estimate of drug-likeness (QED) is 0.103. The Kier molecular flexibility index (Phi) is 10.8. The summed E-state index contributed by atoms with van der Waals surface area (Å²) in [6.45, 7) is 15.3. The topological polar surface area (TPSA) is 199 Å². The van der Waals surface area contributed by atoms with Gasteiger partial charge in [-0.1, -0.05) is 57.7 Å². The molecular weight excluding hydrogens is 628 g/mol. The van der Waals surface area contributed by atoms with Crippen LogP contribution in [0.25, 0.3) is 0 Å². The first-order valence-electron chi connectivity index (χ1n) is 16.2. The Bertz CT molecular complexity index is 1420. The van der Waals surface area contributed by atoms with E-state index in [2.05, 4.69) is 19.7 Å². The van der Waals surface area contributed by atoms with Crippen LogP contribution in [-0.4, -0.2) is 105 Å². The largest absolute Gasteiger partial charge is 0.508 e. The fraction of sp³-hybridized carbons (Fsp3) is 0.571. The lowest BCUT2D eigenvalue weighted by Gasteiger charge is -2.42. The summed E-state index contributed by atoms with van der Waals surface area (Å²) in [7, 11) is 0. The molecule has 4 fully saturated rings. The van der Waals surface area contributed by atoms with Crippen LogP contribution in [0.5, 0.6) is 5.75 Å². The molecule has 2 aliphatic carbocycles. The van der Waals surface area contributed by atoms with Crippen molar-refractivity contribution >= 4 is 17.9 Å². The van der Waals surface area contributed by atoms with Crippen LogP contribution < -0.4 is 0 Å². The molecule has 13 heteroatoms. The van der Waals surface area contributed by atoms with Gasteiger partial charge < -0.3 is 49.2 Å². The van der Waals surface area contributed by atoms with Crippen LogP contribution in [0.1, 0.15) is 38.7 Å². The molecule has 5 unspecified atom stereocenters. The van der Waals surface area contributed by atoms with Crippen LogP contribution in [0.15, 0.2) is 60.7 Å². The first kappa shape index (κ1) is 35.7. The number of phenols is 1. The van der Waals surface area contributed by atoms with Gasteiger partial charge in [-0.2, -0.15) is 0 Å². The van der Waals surface area contributed by atoms with Gasteiger partial charge in [0.15, 0.2) is 18.5 Å². The Morgan fingerprint density at radius 1 is 1.06 bits per heavy atom. The number of ether oxygens (including phenoxy) is 5. The maximum atomic E-state index is 12.9. The van der Waals surface area contributed by atoms with Crippen molar-refractivity contribution in [3.8, 4) is 5.75 Å². The maximum absolute atomic E-state index is 12.9. The molecule has 2 aliphatic heterocycles. The van der Waals surface area contributed by atoms with Gasteiger partial charge in [0.2, 0.25) is 0 Å². The number of fused-ring (bicyclic) bond motifs is 3. The lowest BCUT2D eigenvalue weighted by atomic mass is 9.81. The molecule has 5 rings (SSSR count). The van der Waals surface area contributed by atoms with E-state index >= 15 is 0 Å². The standard InChI is InChI=1S/C35H44O13/c1-6-15(2)28(39)34(43)44-23-11-16(3)21-13-22(17(4)26(21)32-27(23)18(5)33(42)48-32)45-35-30(41)29(40)31(24(14-36)46-35)47-25(38)12-19-7-9-20(37)10-8-19/h7-10,15,21-24,26-32,35-37,39-41H,3-6,11-14H2,1-2H3/t15?,21-,22?,23?,24+,26+,27+,28?,29+,30+,31+,32?,35+/m0/s1. The number of carbonyl (C=O) groups excluding carboxylic acids is 3. The van der Waals surface area contributed by atoms with E-state index in [-0.39, 0.29) is 42.4 Å². The molecule has 2 saturated heterocycles. The number of hydrogen-bond acceptors (Lipinski definition) is 13. The normalized spacial score (nSPS) is 36.0. The smallest absolute Gasteiger partial charge is 0.335 e. The first-order valence-corrected chi connectivity index (χ1v) is 16.2. The van der Waals surface area contributed by atoms with E-state index in [9.17, 15) is 39.9 Å². The van der Waals surface area contributed by atoms with E-state index in [0.717, 1.165) is 0 Å². The molecule has 5 N–H and O–H groups in total. The third-order valence-corrected chi connectivity index (χ3v) is 10.1. The predicted octanol–water partition coefficient (Wildman–Crippen LogP) is 1.24. The highest BCUT2D eigenvalue weighted by Gasteiger charge is 2.58. The number of rotatable bonds is 10. The molecule has 0 spiro atoms. The number of aliphatic hydroxyl groups is 4. The minimum Gasteiger partial charge on any atom is -0.508 e. The SMILES string of the molecule is C=C1C(=O)OC2[C@H]1C(OC(=O)C(O)C(C)CC)CC(=C)[C@@H]1CC(O[C@@H]3O[C@H](CO)[C@@H](OC(=O)Cc4ccc(O)cc4)[C@H](O)[C@H]3O)C(=C)[C@@H]21. The summed E-state index contributed by atoms with van der Waals surface area (Å²) in [5.41, 5.74) is 1.85. The van der Waals surface area contributed by atoms with Gasteiger partial charge in [0.25, 0.3) is 0 Å². The second-order valence-electron chi connectivity index (χ2n) is 13.2. The zero-order chi connectivity index (χ0) is 35.0. The molecule has 0 bridgehead atoms. The second kappa shape index (κ2) is 14.5. The second-order valence-corrected chi connectivity index (χ2v) is 13.2. The monoisotopic (exact) mass is 672 g/mol. The number of benzene rings is 1. The molecule has 0 radical (unpaired) electrons. The van der Waals surface area contributed by atoms with E-state index in [0.29, 0.717) is 23.1 Å². The summed E-state index contributed by atoms with van der Waals surface area (Å²) in [6, 6.07) is 5.89. The van der Waals surface area contributed by atoms with Crippen LogP contribution in [-0.2, 0) is 44.5 Å². The van der Waals surface area contributed by atoms with Gasteiger partial charge in [-0.15, -0.1) is 0 Å². The highest BCUT2D eigenvalue weighted by Crippen LogP contribution is 2.53. The molecule has 2 saturated carbocycles. The van der Waals surface area contributed by atoms with Crippen molar-refractivity contribution in [1.29, 1.82) is 0 Å². The molecule has 0 amide bonds. The molecule has 2 heterocycles. The number of phenolic OH excluding ortho intramolecular Hbond substituents is 1. The van der Waals surface area contributed by atoms with Gasteiger partial charge in [0.05, 0.1) is 25.0 Å². The molecular formula is C35H44O13. The van der Waals surface area contributed by atoms with Crippen molar-refractivity contribution < 1.29 is 63.6 Å².